The molecule has 0 aromatic rings. The molecular formula is C9H17O. The maximum Gasteiger partial charge on any atom is 0.0543 e. The first kappa shape index (κ1) is 9.70. The zero-order valence-corrected chi connectivity index (χ0v) is 6.71. The number of allylic oxidation sites excluding steroid dienone is 1. The van der Waals surface area contributed by atoms with Crippen LogP contribution in [0.4, 0.5) is 0 Å². The minimum Gasteiger partial charge on any atom is -0.393 e. The zero-order chi connectivity index (χ0) is 7.82. The van der Waals surface area contributed by atoms with Crippen LogP contribution in [0.25, 0.3) is 0 Å². The zero-order valence-electron chi connectivity index (χ0n) is 6.71. The molecular weight excluding hydrogens is 124 g/mol. The van der Waals surface area contributed by atoms with Crippen LogP contribution in [0.15, 0.2) is 6.08 Å². The van der Waals surface area contributed by atoms with E-state index in [0.717, 1.165) is 32.1 Å². The third kappa shape index (κ3) is 5.83. The summed E-state index contributed by atoms with van der Waals surface area (Å²) in [5.41, 5.74) is 0. The second kappa shape index (κ2) is 6.81. The molecule has 0 heterocycles. The summed E-state index contributed by atoms with van der Waals surface area (Å²) in [4.78, 5) is 0. The maximum absolute atomic E-state index is 9.24. The Kier molecular flexibility index (Phi) is 6.61. The van der Waals surface area contributed by atoms with E-state index in [4.69, 9.17) is 6.58 Å². The summed E-state index contributed by atoms with van der Waals surface area (Å²) in [5.74, 6) is 0. The lowest BCUT2D eigenvalue weighted by atomic mass is 10.1. The van der Waals surface area contributed by atoms with Crippen molar-refractivity contribution >= 4 is 0 Å². The summed E-state index contributed by atoms with van der Waals surface area (Å²) >= 11 is 0. The van der Waals surface area contributed by atoms with E-state index in [2.05, 4.69) is 6.92 Å². The van der Waals surface area contributed by atoms with E-state index < -0.39 is 0 Å². The fourth-order valence-corrected chi connectivity index (χ4v) is 0.873. The molecule has 0 spiro atoms. The molecule has 0 rings (SSSR count). The Hall–Kier alpha value is -0.300. The van der Waals surface area contributed by atoms with Gasteiger partial charge in [0, 0.05) is 0 Å². The van der Waals surface area contributed by atoms with Crippen molar-refractivity contribution in [2.75, 3.05) is 0 Å². The summed E-state index contributed by atoms with van der Waals surface area (Å²) < 4.78 is 0. The van der Waals surface area contributed by atoms with Crippen molar-refractivity contribution in [1.29, 1.82) is 0 Å². The van der Waals surface area contributed by atoms with E-state index in [9.17, 15) is 5.11 Å². The van der Waals surface area contributed by atoms with Gasteiger partial charge in [-0.25, -0.2) is 0 Å². The highest BCUT2D eigenvalue weighted by Gasteiger charge is 1.99. The molecule has 1 atom stereocenters. The van der Waals surface area contributed by atoms with Crippen molar-refractivity contribution in [2.45, 2.75) is 45.1 Å². The van der Waals surface area contributed by atoms with Gasteiger partial charge < -0.3 is 5.11 Å². The van der Waals surface area contributed by atoms with Gasteiger partial charge in [0.15, 0.2) is 0 Å². The van der Waals surface area contributed by atoms with Crippen LogP contribution < -0.4 is 0 Å². The molecule has 10 heavy (non-hydrogen) atoms. The Labute approximate surface area is 63.8 Å². The Morgan fingerprint density at radius 2 is 2.20 bits per heavy atom. The molecule has 0 aliphatic rings. The SMILES string of the molecule is [CH]=CCCC(O)CCCC. The van der Waals surface area contributed by atoms with Gasteiger partial charge in [0.25, 0.3) is 0 Å². The second-order valence-corrected chi connectivity index (χ2v) is 2.61. The largest absolute Gasteiger partial charge is 0.393 e. The molecule has 0 aliphatic heterocycles. The van der Waals surface area contributed by atoms with Gasteiger partial charge in [-0.1, -0.05) is 32.4 Å². The normalized spacial score (nSPS) is 13.0. The van der Waals surface area contributed by atoms with Crippen LogP contribution >= 0.6 is 0 Å². The maximum atomic E-state index is 9.24. The first-order valence-corrected chi connectivity index (χ1v) is 4.02. The van der Waals surface area contributed by atoms with Crippen molar-refractivity contribution < 1.29 is 5.11 Å². The predicted octanol–water partition coefficient (Wildman–Crippen LogP) is 2.31. The monoisotopic (exact) mass is 141 g/mol. The van der Waals surface area contributed by atoms with Gasteiger partial charge in [-0.3, -0.25) is 0 Å². The van der Waals surface area contributed by atoms with Crippen LogP contribution in [0.2, 0.25) is 0 Å². The molecule has 0 bridgehead atoms. The number of unbranched alkanes of at least 4 members (excludes halogenated alkanes) is 1. The van der Waals surface area contributed by atoms with Gasteiger partial charge >= 0.3 is 0 Å². The standard InChI is InChI=1S/C9H17O/c1-3-5-7-9(10)8-6-4-2/h1,3,9-10H,4-8H2,2H3. The summed E-state index contributed by atoms with van der Waals surface area (Å²) in [6.45, 7) is 7.30. The van der Waals surface area contributed by atoms with Crippen molar-refractivity contribution in [3.8, 4) is 0 Å². The lowest BCUT2D eigenvalue weighted by Gasteiger charge is -2.06. The van der Waals surface area contributed by atoms with Gasteiger partial charge in [-0.2, -0.15) is 0 Å². The number of hydrogen-bond donors (Lipinski definition) is 1. The number of hydrogen-bond acceptors (Lipinski definition) is 1. The van der Waals surface area contributed by atoms with E-state index in [0.29, 0.717) is 0 Å². The molecule has 0 saturated carbocycles. The quantitative estimate of drug-likeness (QED) is 0.601. The highest BCUT2D eigenvalue weighted by Crippen LogP contribution is 2.05. The smallest absolute Gasteiger partial charge is 0.0543 e. The molecule has 0 aliphatic carbocycles. The van der Waals surface area contributed by atoms with Crippen LogP contribution in [0.3, 0.4) is 0 Å². The fraction of sp³-hybridized carbons (Fsp3) is 0.778. The summed E-state index contributed by atoms with van der Waals surface area (Å²) in [5, 5.41) is 9.24. The van der Waals surface area contributed by atoms with Crippen LogP contribution in [0, 0.1) is 6.58 Å². The van der Waals surface area contributed by atoms with Crippen molar-refractivity contribution in [3.63, 3.8) is 0 Å². The lowest BCUT2D eigenvalue weighted by molar-refractivity contribution is 0.153. The lowest BCUT2D eigenvalue weighted by Crippen LogP contribution is -2.04. The molecule has 0 saturated heterocycles. The Morgan fingerprint density at radius 1 is 1.50 bits per heavy atom. The number of aliphatic hydroxyl groups is 1. The molecule has 0 aromatic carbocycles. The Morgan fingerprint density at radius 3 is 2.70 bits per heavy atom. The average molecular weight is 141 g/mol. The van der Waals surface area contributed by atoms with Gasteiger partial charge in [0.05, 0.1) is 6.10 Å². The van der Waals surface area contributed by atoms with E-state index in [1.807, 2.05) is 0 Å². The average Bonchev–Trinajstić information content (AvgIpc) is 1.97. The topological polar surface area (TPSA) is 20.2 Å². The Balaban J connectivity index is 3.07. The molecule has 1 radical (unpaired) electrons. The van der Waals surface area contributed by atoms with Gasteiger partial charge in [-0.05, 0) is 19.3 Å². The van der Waals surface area contributed by atoms with Crippen LogP contribution in [-0.2, 0) is 0 Å². The second-order valence-electron chi connectivity index (χ2n) is 2.61. The van der Waals surface area contributed by atoms with Crippen LogP contribution in [0.5, 0.6) is 0 Å². The number of aliphatic hydroxyl groups excluding tert-OH is 1. The molecule has 1 nitrogen and oxygen atoms in total. The minimum absolute atomic E-state index is 0.139. The highest BCUT2D eigenvalue weighted by molar-refractivity contribution is 4.66. The van der Waals surface area contributed by atoms with Crippen LogP contribution in [0.1, 0.15) is 39.0 Å². The Bertz CT molecular complexity index is 78.8. The summed E-state index contributed by atoms with van der Waals surface area (Å²) in [6, 6.07) is 0. The minimum atomic E-state index is -0.139. The first-order chi connectivity index (χ1) is 4.81. The fourth-order valence-electron chi connectivity index (χ4n) is 0.873. The molecule has 1 heteroatoms. The van der Waals surface area contributed by atoms with E-state index in [-0.39, 0.29) is 6.10 Å². The van der Waals surface area contributed by atoms with Crippen molar-refractivity contribution in [2.24, 2.45) is 0 Å². The number of rotatable bonds is 6. The first-order valence-electron chi connectivity index (χ1n) is 4.02. The third-order valence-electron chi connectivity index (χ3n) is 1.56. The molecule has 59 valence electrons. The van der Waals surface area contributed by atoms with Gasteiger partial charge in [-0.15, -0.1) is 0 Å². The van der Waals surface area contributed by atoms with Crippen molar-refractivity contribution in [3.05, 3.63) is 12.7 Å². The van der Waals surface area contributed by atoms with Crippen molar-refractivity contribution in [1.82, 2.24) is 0 Å². The molecule has 0 fully saturated rings. The summed E-state index contributed by atoms with van der Waals surface area (Å²) in [6.07, 6.45) is 6.30. The molecule has 1 N–H and O–H groups in total. The summed E-state index contributed by atoms with van der Waals surface area (Å²) in [7, 11) is 0. The third-order valence-corrected chi connectivity index (χ3v) is 1.56. The van der Waals surface area contributed by atoms with E-state index >= 15 is 0 Å². The van der Waals surface area contributed by atoms with Gasteiger partial charge in [0.1, 0.15) is 0 Å². The molecule has 0 amide bonds. The predicted molar refractivity (Wildman–Crippen MR) is 43.6 cm³/mol. The van der Waals surface area contributed by atoms with Crippen LogP contribution in [-0.4, -0.2) is 11.2 Å². The highest BCUT2D eigenvalue weighted by atomic mass is 16.3. The molecule has 1 unspecified atom stereocenters. The van der Waals surface area contributed by atoms with Gasteiger partial charge in [0.2, 0.25) is 0 Å². The van der Waals surface area contributed by atoms with E-state index in [1.54, 1.807) is 6.08 Å². The molecule has 0 aromatic heterocycles. The van der Waals surface area contributed by atoms with E-state index in [1.165, 1.54) is 0 Å².